The van der Waals surface area contributed by atoms with Crippen LogP contribution in [0.1, 0.15) is 5.76 Å². The first-order valence-electron chi connectivity index (χ1n) is 4.34. The fraction of sp³-hybridized carbons (Fsp3) is 0.100. The maximum Gasteiger partial charge on any atom is 0.311 e. The maximum atomic E-state index is 10.5. The van der Waals surface area contributed by atoms with Crippen molar-refractivity contribution in [3.05, 3.63) is 36.4 Å². The lowest BCUT2D eigenvalue weighted by Crippen LogP contribution is -2.00. The number of nitrogens with zero attached hydrogens (tertiary/aromatic N) is 2. The Kier molecular flexibility index (Phi) is 2.45. The topological polar surface area (TPSA) is 76.2 Å². The summed E-state index contributed by atoms with van der Waals surface area (Å²) in [4.78, 5) is 14.6. The fourth-order valence-corrected chi connectivity index (χ4v) is 1.26. The highest BCUT2D eigenvalue weighted by Gasteiger charge is 2.13. The first-order valence-corrected chi connectivity index (χ1v) is 4.34. The van der Waals surface area contributed by atoms with Crippen LogP contribution in [0.3, 0.4) is 0 Å². The zero-order chi connectivity index (χ0) is 10.7. The molecule has 0 radical (unpaired) electrons. The molecule has 0 bridgehead atoms. The molecule has 0 spiro atoms. The summed E-state index contributed by atoms with van der Waals surface area (Å²) in [6, 6.07) is 5.38. The van der Waals surface area contributed by atoms with E-state index in [-0.39, 0.29) is 6.42 Å². The molecule has 2 aromatic rings. The quantitative estimate of drug-likeness (QED) is 0.816. The Morgan fingerprint density at radius 2 is 2.33 bits per heavy atom. The van der Waals surface area contributed by atoms with Crippen molar-refractivity contribution in [3.8, 4) is 11.3 Å². The number of carboxylic acids is 1. The van der Waals surface area contributed by atoms with Crippen LogP contribution in [-0.4, -0.2) is 21.2 Å². The average molecular weight is 204 g/mol. The SMILES string of the molecule is O=C(O)Cc1oncc1-c1ccccn1. The lowest BCUT2D eigenvalue weighted by molar-refractivity contribution is -0.136. The van der Waals surface area contributed by atoms with E-state index in [1.165, 1.54) is 6.20 Å². The lowest BCUT2D eigenvalue weighted by atomic mass is 10.1. The fourth-order valence-electron chi connectivity index (χ4n) is 1.26. The molecule has 15 heavy (non-hydrogen) atoms. The number of aliphatic carboxylic acids is 1. The third kappa shape index (κ3) is 2.01. The molecule has 5 nitrogen and oxygen atoms in total. The molecule has 1 N–H and O–H groups in total. The normalized spacial score (nSPS) is 10.1. The van der Waals surface area contributed by atoms with Crippen molar-refractivity contribution in [2.24, 2.45) is 0 Å². The van der Waals surface area contributed by atoms with Gasteiger partial charge in [-0.15, -0.1) is 0 Å². The van der Waals surface area contributed by atoms with Crippen molar-refractivity contribution in [2.45, 2.75) is 6.42 Å². The first-order chi connectivity index (χ1) is 7.27. The van der Waals surface area contributed by atoms with E-state index in [0.29, 0.717) is 17.0 Å². The van der Waals surface area contributed by atoms with Gasteiger partial charge in [-0.3, -0.25) is 9.78 Å². The van der Waals surface area contributed by atoms with Crippen LogP contribution in [0.2, 0.25) is 0 Å². The molecule has 0 saturated carbocycles. The van der Waals surface area contributed by atoms with Gasteiger partial charge in [0.15, 0.2) is 5.76 Å². The minimum atomic E-state index is -0.955. The molecule has 0 aliphatic heterocycles. The van der Waals surface area contributed by atoms with Crippen LogP contribution in [0.4, 0.5) is 0 Å². The third-order valence-electron chi connectivity index (χ3n) is 1.90. The number of hydrogen-bond acceptors (Lipinski definition) is 4. The molecule has 0 fully saturated rings. The summed E-state index contributed by atoms with van der Waals surface area (Å²) >= 11 is 0. The standard InChI is InChI=1S/C10H8N2O3/c13-10(14)5-9-7(6-12-15-9)8-3-1-2-4-11-8/h1-4,6H,5H2,(H,13,14). The summed E-state index contributed by atoms with van der Waals surface area (Å²) < 4.78 is 4.86. The monoisotopic (exact) mass is 204 g/mol. The van der Waals surface area contributed by atoms with Gasteiger partial charge in [0.2, 0.25) is 0 Å². The second kappa shape index (κ2) is 3.91. The van der Waals surface area contributed by atoms with Crippen LogP contribution in [0, 0.1) is 0 Å². The number of pyridine rings is 1. The van der Waals surface area contributed by atoms with Crippen LogP contribution in [-0.2, 0) is 11.2 Å². The van der Waals surface area contributed by atoms with E-state index < -0.39 is 5.97 Å². The van der Waals surface area contributed by atoms with Gasteiger partial charge < -0.3 is 9.63 Å². The number of hydrogen-bond donors (Lipinski definition) is 1. The Hall–Kier alpha value is -2.17. The van der Waals surface area contributed by atoms with Gasteiger partial charge >= 0.3 is 5.97 Å². The number of carboxylic acid groups (broad SMARTS) is 1. The van der Waals surface area contributed by atoms with Crippen molar-refractivity contribution in [2.75, 3.05) is 0 Å². The van der Waals surface area contributed by atoms with Crippen LogP contribution in [0.15, 0.2) is 35.1 Å². The molecule has 0 aliphatic carbocycles. The van der Waals surface area contributed by atoms with E-state index in [1.807, 2.05) is 6.07 Å². The Morgan fingerprint density at radius 1 is 1.47 bits per heavy atom. The van der Waals surface area contributed by atoms with Gasteiger partial charge in [-0.1, -0.05) is 11.2 Å². The molecule has 2 rings (SSSR count). The molecular weight excluding hydrogens is 196 g/mol. The zero-order valence-electron chi connectivity index (χ0n) is 7.75. The molecule has 0 aromatic carbocycles. The molecule has 2 aromatic heterocycles. The molecule has 76 valence electrons. The maximum absolute atomic E-state index is 10.5. The molecule has 0 aliphatic rings. The predicted molar refractivity (Wildman–Crippen MR) is 51.1 cm³/mol. The van der Waals surface area contributed by atoms with Crippen molar-refractivity contribution in [3.63, 3.8) is 0 Å². The van der Waals surface area contributed by atoms with Crippen molar-refractivity contribution in [1.82, 2.24) is 10.1 Å². The van der Waals surface area contributed by atoms with E-state index in [2.05, 4.69) is 10.1 Å². The summed E-state index contributed by atoms with van der Waals surface area (Å²) in [5.41, 5.74) is 1.29. The summed E-state index contributed by atoms with van der Waals surface area (Å²) in [6.07, 6.45) is 2.92. The van der Waals surface area contributed by atoms with Crippen LogP contribution in [0.25, 0.3) is 11.3 Å². The zero-order valence-corrected chi connectivity index (χ0v) is 7.75. The summed E-state index contributed by atoms with van der Waals surface area (Å²) in [5, 5.41) is 12.2. The first kappa shape index (κ1) is 9.39. The van der Waals surface area contributed by atoms with E-state index in [1.54, 1.807) is 18.3 Å². The van der Waals surface area contributed by atoms with Gasteiger partial charge in [0.1, 0.15) is 6.42 Å². The highest BCUT2D eigenvalue weighted by atomic mass is 16.5. The second-order valence-electron chi connectivity index (χ2n) is 2.95. The van der Waals surface area contributed by atoms with Crippen molar-refractivity contribution >= 4 is 5.97 Å². The molecule has 0 saturated heterocycles. The highest BCUT2D eigenvalue weighted by molar-refractivity contribution is 5.73. The van der Waals surface area contributed by atoms with Gasteiger partial charge in [-0.05, 0) is 12.1 Å². The number of aromatic nitrogens is 2. The van der Waals surface area contributed by atoms with Crippen molar-refractivity contribution < 1.29 is 14.4 Å². The van der Waals surface area contributed by atoms with E-state index in [4.69, 9.17) is 9.63 Å². The Morgan fingerprint density at radius 3 is 3.00 bits per heavy atom. The third-order valence-corrected chi connectivity index (χ3v) is 1.90. The Balaban J connectivity index is 2.37. The number of rotatable bonds is 3. The summed E-state index contributed by atoms with van der Waals surface area (Å²) in [5.74, 6) is -0.634. The van der Waals surface area contributed by atoms with E-state index in [9.17, 15) is 4.79 Å². The summed E-state index contributed by atoms with van der Waals surface area (Å²) in [7, 11) is 0. The average Bonchev–Trinajstić information content (AvgIpc) is 2.66. The minimum absolute atomic E-state index is 0.189. The Labute approximate surface area is 85.4 Å². The van der Waals surface area contributed by atoms with Crippen LogP contribution in [0.5, 0.6) is 0 Å². The largest absolute Gasteiger partial charge is 0.481 e. The summed E-state index contributed by atoms with van der Waals surface area (Å²) in [6.45, 7) is 0. The molecule has 0 atom stereocenters. The molecule has 0 amide bonds. The second-order valence-corrected chi connectivity index (χ2v) is 2.95. The number of carbonyl (C=O) groups is 1. The minimum Gasteiger partial charge on any atom is -0.481 e. The van der Waals surface area contributed by atoms with E-state index >= 15 is 0 Å². The van der Waals surface area contributed by atoms with E-state index in [0.717, 1.165) is 0 Å². The van der Waals surface area contributed by atoms with Gasteiger partial charge in [0.05, 0.1) is 17.5 Å². The molecular formula is C10H8N2O3. The van der Waals surface area contributed by atoms with Crippen molar-refractivity contribution in [1.29, 1.82) is 0 Å². The smallest absolute Gasteiger partial charge is 0.311 e. The predicted octanol–water partition coefficient (Wildman–Crippen LogP) is 1.36. The van der Waals surface area contributed by atoms with Crippen LogP contribution < -0.4 is 0 Å². The lowest BCUT2D eigenvalue weighted by Gasteiger charge is -1.96. The Bertz CT molecular complexity index is 465. The highest BCUT2D eigenvalue weighted by Crippen LogP contribution is 2.21. The molecule has 2 heterocycles. The molecule has 5 heteroatoms. The van der Waals surface area contributed by atoms with Gasteiger partial charge in [0.25, 0.3) is 0 Å². The molecule has 0 unspecified atom stereocenters. The van der Waals surface area contributed by atoms with Gasteiger partial charge in [0, 0.05) is 6.20 Å². The van der Waals surface area contributed by atoms with Crippen LogP contribution >= 0.6 is 0 Å². The van der Waals surface area contributed by atoms with Gasteiger partial charge in [-0.25, -0.2) is 0 Å². The van der Waals surface area contributed by atoms with Gasteiger partial charge in [-0.2, -0.15) is 0 Å².